The van der Waals surface area contributed by atoms with Gasteiger partial charge in [-0.3, -0.25) is 0 Å². The fourth-order valence-corrected chi connectivity index (χ4v) is 14.7. The van der Waals surface area contributed by atoms with E-state index in [9.17, 15) is 0 Å². The molecule has 0 aliphatic carbocycles. The van der Waals surface area contributed by atoms with Crippen LogP contribution in [0.25, 0.3) is 0 Å². The van der Waals surface area contributed by atoms with E-state index in [-0.39, 0.29) is 6.79 Å². The smallest absolute Gasteiger partial charge is 0.436 e. The first kappa shape index (κ1) is 21.7. The normalized spacial score (nSPS) is 15.3. The molecule has 1 unspecified atom stereocenters. The van der Waals surface area contributed by atoms with E-state index in [2.05, 4.69) is 33.5 Å². The third-order valence-electron chi connectivity index (χ3n) is 3.65. The van der Waals surface area contributed by atoms with Crippen molar-refractivity contribution in [2.75, 3.05) is 21.0 Å². The van der Waals surface area contributed by atoms with Crippen LogP contribution in [0.3, 0.4) is 0 Å². The maximum absolute atomic E-state index is 6.70. The zero-order valence-electron chi connectivity index (χ0n) is 16.0. The van der Waals surface area contributed by atoms with Crippen LogP contribution in [-0.2, 0) is 21.8 Å². The fourth-order valence-electron chi connectivity index (χ4n) is 2.53. The van der Waals surface area contributed by atoms with Crippen LogP contribution in [0.1, 0.15) is 13.8 Å². The molecule has 0 spiro atoms. The number of ether oxygens (including phenoxy) is 1. The summed E-state index contributed by atoms with van der Waals surface area (Å²) < 4.78 is 30.3. The van der Waals surface area contributed by atoms with Gasteiger partial charge in [-0.05, 0) is 31.7 Å². The molecule has 0 fully saturated rings. The first-order chi connectivity index (χ1) is 11.3. The molecule has 8 heteroatoms. The minimum Gasteiger partial charge on any atom is -0.436 e. The summed E-state index contributed by atoms with van der Waals surface area (Å²) >= 11 is 0. The van der Waals surface area contributed by atoms with Gasteiger partial charge in [-0.1, -0.05) is 44.2 Å². The number of benzene rings is 1. The second-order valence-electron chi connectivity index (χ2n) is 6.61. The van der Waals surface area contributed by atoms with Crippen LogP contribution in [0, 0.1) is 0 Å². The van der Waals surface area contributed by atoms with Gasteiger partial charge in [-0.15, -0.1) is 0 Å². The highest BCUT2D eigenvalue weighted by molar-refractivity contribution is 6.89. The molecule has 5 nitrogen and oxygen atoms in total. The SMILES string of the molecule is CC[Si](CC)(O[Si](C)(C)C)O[Si](OC)(OCOC)c1ccccc1. The molecule has 0 heterocycles. The number of methoxy groups -OCH3 is 1. The largest absolute Gasteiger partial charge is 0.529 e. The van der Waals surface area contributed by atoms with Gasteiger partial charge in [-0.25, -0.2) is 0 Å². The van der Waals surface area contributed by atoms with E-state index >= 15 is 0 Å². The molecule has 0 radical (unpaired) electrons. The highest BCUT2D eigenvalue weighted by atomic mass is 28.5. The Hall–Kier alpha value is -0.329. The van der Waals surface area contributed by atoms with Crippen molar-refractivity contribution in [1.29, 1.82) is 0 Å². The minimum atomic E-state index is -3.11. The van der Waals surface area contributed by atoms with Crippen LogP contribution in [0.4, 0.5) is 0 Å². The Morgan fingerprint density at radius 2 is 1.46 bits per heavy atom. The zero-order chi connectivity index (χ0) is 18.3. The molecule has 0 saturated heterocycles. The Bertz CT molecular complexity index is 476. The molecule has 1 aromatic carbocycles. The van der Waals surface area contributed by atoms with Crippen LogP contribution >= 0.6 is 0 Å². The van der Waals surface area contributed by atoms with Crippen LogP contribution < -0.4 is 5.19 Å². The van der Waals surface area contributed by atoms with E-state index in [0.29, 0.717) is 0 Å². The zero-order valence-corrected chi connectivity index (χ0v) is 19.0. The molecule has 0 aliphatic heterocycles. The van der Waals surface area contributed by atoms with Crippen molar-refractivity contribution in [2.45, 2.75) is 45.6 Å². The van der Waals surface area contributed by atoms with Gasteiger partial charge >= 0.3 is 17.4 Å². The summed E-state index contributed by atoms with van der Waals surface area (Å²) in [5.74, 6) is 0. The van der Waals surface area contributed by atoms with Crippen LogP contribution in [-0.4, -0.2) is 46.7 Å². The van der Waals surface area contributed by atoms with Gasteiger partial charge in [0.2, 0.25) is 0 Å². The molecule has 1 atom stereocenters. The van der Waals surface area contributed by atoms with Gasteiger partial charge in [0.15, 0.2) is 8.32 Å². The van der Waals surface area contributed by atoms with Gasteiger partial charge in [0.05, 0.1) is 0 Å². The van der Waals surface area contributed by atoms with E-state index in [1.54, 1.807) is 14.2 Å². The summed E-state index contributed by atoms with van der Waals surface area (Å²) in [5.41, 5.74) is 0. The van der Waals surface area contributed by atoms with Crippen molar-refractivity contribution in [1.82, 2.24) is 0 Å². The predicted molar refractivity (Wildman–Crippen MR) is 104 cm³/mol. The molecule has 138 valence electrons. The second-order valence-corrected chi connectivity index (χ2v) is 18.1. The first-order valence-corrected chi connectivity index (χ1v) is 15.8. The molecular formula is C16H32O5Si3. The minimum absolute atomic E-state index is 0.125. The third kappa shape index (κ3) is 5.88. The van der Waals surface area contributed by atoms with E-state index in [4.69, 9.17) is 21.8 Å². The molecule has 0 bridgehead atoms. The van der Waals surface area contributed by atoms with Crippen LogP contribution in [0.15, 0.2) is 30.3 Å². The van der Waals surface area contributed by atoms with Crippen molar-refractivity contribution in [2.24, 2.45) is 0 Å². The fraction of sp³-hybridized carbons (Fsp3) is 0.625. The molecule has 0 aliphatic rings. The van der Waals surface area contributed by atoms with Gasteiger partial charge in [0, 0.05) is 19.4 Å². The van der Waals surface area contributed by atoms with E-state index < -0.39 is 25.7 Å². The van der Waals surface area contributed by atoms with Gasteiger partial charge < -0.3 is 21.8 Å². The molecule has 1 aromatic rings. The summed E-state index contributed by atoms with van der Waals surface area (Å²) in [6, 6.07) is 11.6. The third-order valence-corrected chi connectivity index (χ3v) is 14.4. The first-order valence-electron chi connectivity index (χ1n) is 8.40. The number of hydrogen-bond donors (Lipinski definition) is 0. The summed E-state index contributed by atoms with van der Waals surface area (Å²) in [6.45, 7) is 11.0. The molecular weight excluding hydrogens is 356 g/mol. The van der Waals surface area contributed by atoms with Crippen molar-refractivity contribution >= 4 is 30.9 Å². The summed E-state index contributed by atoms with van der Waals surface area (Å²) in [4.78, 5) is 0. The Labute approximate surface area is 150 Å². The van der Waals surface area contributed by atoms with Crippen LogP contribution in [0.2, 0.25) is 31.7 Å². The molecule has 0 saturated carbocycles. The lowest BCUT2D eigenvalue weighted by Crippen LogP contribution is -2.64. The summed E-state index contributed by atoms with van der Waals surface area (Å²) in [7, 11) is -4.08. The maximum Gasteiger partial charge on any atom is 0.529 e. The average molecular weight is 389 g/mol. The average Bonchev–Trinajstić information content (AvgIpc) is 2.57. The monoisotopic (exact) mass is 388 g/mol. The van der Waals surface area contributed by atoms with Gasteiger partial charge in [-0.2, -0.15) is 0 Å². The number of rotatable bonds is 11. The Morgan fingerprint density at radius 1 is 0.875 bits per heavy atom. The van der Waals surface area contributed by atoms with Gasteiger partial charge in [0.25, 0.3) is 0 Å². The Kier molecular flexibility index (Phi) is 8.50. The molecule has 24 heavy (non-hydrogen) atoms. The van der Waals surface area contributed by atoms with Crippen molar-refractivity contribution in [3.63, 3.8) is 0 Å². The maximum atomic E-state index is 6.70. The number of hydrogen-bond acceptors (Lipinski definition) is 5. The van der Waals surface area contributed by atoms with E-state index in [0.717, 1.165) is 17.3 Å². The summed E-state index contributed by atoms with van der Waals surface area (Å²) in [5, 5.41) is 0.933. The highest BCUT2D eigenvalue weighted by Gasteiger charge is 2.52. The van der Waals surface area contributed by atoms with Crippen molar-refractivity contribution < 1.29 is 21.8 Å². The van der Waals surface area contributed by atoms with Crippen molar-refractivity contribution in [3.05, 3.63) is 30.3 Å². The lowest BCUT2D eigenvalue weighted by atomic mass is 10.4. The lowest BCUT2D eigenvalue weighted by molar-refractivity contribution is 0.00278. The quantitative estimate of drug-likeness (QED) is 0.429. The van der Waals surface area contributed by atoms with Crippen LogP contribution in [0.5, 0.6) is 0 Å². The lowest BCUT2D eigenvalue weighted by Gasteiger charge is -2.41. The molecule has 0 amide bonds. The molecule has 0 aromatic heterocycles. The summed E-state index contributed by atoms with van der Waals surface area (Å²) in [6.07, 6.45) is 0. The van der Waals surface area contributed by atoms with Crippen molar-refractivity contribution in [3.8, 4) is 0 Å². The standard InChI is InChI=1S/C16H32O5Si3/c1-8-23(9-2,20-22(5,6)7)21-24(18-4,19-15-17-3)16-13-11-10-12-14-16/h10-14H,8-9,15H2,1-7H3. The Balaban J connectivity index is 3.26. The second kappa shape index (κ2) is 9.39. The van der Waals surface area contributed by atoms with Gasteiger partial charge in [0.1, 0.15) is 6.79 Å². The van der Waals surface area contributed by atoms with E-state index in [1.807, 2.05) is 30.3 Å². The highest BCUT2D eigenvalue weighted by Crippen LogP contribution is 2.28. The topological polar surface area (TPSA) is 46.2 Å². The predicted octanol–water partition coefficient (Wildman–Crippen LogP) is 3.45. The van der Waals surface area contributed by atoms with E-state index in [1.165, 1.54) is 0 Å². The molecule has 0 N–H and O–H groups in total. The molecule has 1 rings (SSSR count). The Morgan fingerprint density at radius 3 is 1.88 bits per heavy atom.